The van der Waals surface area contributed by atoms with Gasteiger partial charge in [-0.15, -0.1) is 0 Å². The third-order valence-corrected chi connectivity index (χ3v) is 5.26. The van der Waals surface area contributed by atoms with Crippen molar-refractivity contribution in [3.8, 4) is 0 Å². The largest absolute Gasteiger partial charge is 0.279 e. The lowest BCUT2D eigenvalue weighted by molar-refractivity contribution is 0.600. The van der Waals surface area contributed by atoms with Gasteiger partial charge in [0, 0.05) is 0 Å². The van der Waals surface area contributed by atoms with E-state index in [1.165, 1.54) is 12.1 Å². The Morgan fingerprint density at radius 1 is 1.05 bits per heavy atom. The van der Waals surface area contributed by atoms with Crippen LogP contribution in [0.4, 0.5) is 10.1 Å². The first-order valence-corrected chi connectivity index (χ1v) is 8.54. The summed E-state index contributed by atoms with van der Waals surface area (Å²) in [6.45, 7) is 5.22. The Morgan fingerprint density at radius 3 is 2.38 bits per heavy atom. The number of hydrogen-bond acceptors (Lipinski definition) is 2. The van der Waals surface area contributed by atoms with Crippen molar-refractivity contribution in [2.75, 3.05) is 4.72 Å². The van der Waals surface area contributed by atoms with Gasteiger partial charge in [0.1, 0.15) is 5.82 Å². The molecule has 0 atom stereocenters. The van der Waals surface area contributed by atoms with Crippen LogP contribution in [-0.4, -0.2) is 8.42 Å². The first-order valence-electron chi connectivity index (χ1n) is 6.26. The van der Waals surface area contributed by atoms with Crippen molar-refractivity contribution in [1.82, 2.24) is 0 Å². The lowest BCUT2D eigenvalue weighted by Gasteiger charge is -2.13. The minimum Gasteiger partial charge on any atom is -0.279 e. The lowest BCUT2D eigenvalue weighted by Crippen LogP contribution is -2.15. The predicted octanol–water partition coefficient (Wildman–Crippen LogP) is 4.31. The van der Waals surface area contributed by atoms with Crippen molar-refractivity contribution in [3.63, 3.8) is 0 Å². The summed E-state index contributed by atoms with van der Waals surface area (Å²) in [5, 5.41) is 0. The van der Waals surface area contributed by atoms with Crippen LogP contribution in [0.2, 0.25) is 0 Å². The standard InChI is InChI=1S/C15H15BrFNO2S/c1-9-4-5-10(2)15(6-9)21(19,20)18-14-8-12(16)13(17)7-11(14)3/h4-8,18H,1-3H3. The molecule has 2 aromatic carbocycles. The fourth-order valence-corrected chi connectivity index (χ4v) is 3.75. The summed E-state index contributed by atoms with van der Waals surface area (Å²) in [5.74, 6) is -0.429. The zero-order chi connectivity index (χ0) is 15.8. The maximum absolute atomic E-state index is 13.4. The van der Waals surface area contributed by atoms with Crippen LogP contribution in [0.5, 0.6) is 0 Å². The summed E-state index contributed by atoms with van der Waals surface area (Å²) in [6.07, 6.45) is 0. The second-order valence-electron chi connectivity index (χ2n) is 4.96. The molecule has 0 bridgehead atoms. The van der Waals surface area contributed by atoms with Crippen LogP contribution in [0.3, 0.4) is 0 Å². The summed E-state index contributed by atoms with van der Waals surface area (Å²) in [5.41, 5.74) is 2.39. The Labute approximate surface area is 132 Å². The second-order valence-corrected chi connectivity index (χ2v) is 7.46. The van der Waals surface area contributed by atoms with Gasteiger partial charge in [-0.2, -0.15) is 0 Å². The Kier molecular flexibility index (Phi) is 4.39. The lowest BCUT2D eigenvalue weighted by atomic mass is 10.2. The molecular formula is C15H15BrFNO2S. The van der Waals surface area contributed by atoms with E-state index in [4.69, 9.17) is 0 Å². The number of nitrogens with one attached hydrogen (secondary N) is 1. The number of anilines is 1. The molecule has 0 fully saturated rings. The van der Waals surface area contributed by atoms with Crippen LogP contribution in [0.15, 0.2) is 39.7 Å². The van der Waals surface area contributed by atoms with E-state index < -0.39 is 15.8 Å². The van der Waals surface area contributed by atoms with Gasteiger partial charge in [0.2, 0.25) is 0 Å². The quantitative estimate of drug-likeness (QED) is 0.873. The van der Waals surface area contributed by atoms with Gasteiger partial charge in [-0.3, -0.25) is 4.72 Å². The highest BCUT2D eigenvalue weighted by Crippen LogP contribution is 2.27. The third kappa shape index (κ3) is 3.44. The van der Waals surface area contributed by atoms with E-state index in [2.05, 4.69) is 20.7 Å². The van der Waals surface area contributed by atoms with Crippen LogP contribution < -0.4 is 4.72 Å². The number of benzene rings is 2. The highest BCUT2D eigenvalue weighted by molar-refractivity contribution is 9.10. The van der Waals surface area contributed by atoms with Gasteiger partial charge in [-0.1, -0.05) is 12.1 Å². The summed E-state index contributed by atoms with van der Waals surface area (Å²) in [4.78, 5) is 0.224. The van der Waals surface area contributed by atoms with Crippen molar-refractivity contribution in [3.05, 3.63) is 57.3 Å². The molecule has 6 heteroatoms. The fraction of sp³-hybridized carbons (Fsp3) is 0.200. The fourth-order valence-electron chi connectivity index (χ4n) is 1.95. The summed E-state index contributed by atoms with van der Waals surface area (Å²) < 4.78 is 41.1. The molecule has 112 valence electrons. The van der Waals surface area contributed by atoms with E-state index in [1.807, 2.05) is 13.0 Å². The first-order chi connectivity index (χ1) is 9.70. The molecule has 0 aliphatic rings. The van der Waals surface area contributed by atoms with Gasteiger partial charge in [0.05, 0.1) is 15.1 Å². The van der Waals surface area contributed by atoms with Crippen LogP contribution in [0.25, 0.3) is 0 Å². The average molecular weight is 372 g/mol. The maximum Gasteiger partial charge on any atom is 0.262 e. The number of hydrogen-bond donors (Lipinski definition) is 1. The molecule has 21 heavy (non-hydrogen) atoms. The Bertz CT molecular complexity index is 804. The molecule has 0 heterocycles. The molecule has 2 rings (SSSR count). The van der Waals surface area contributed by atoms with Crippen molar-refractivity contribution >= 4 is 31.6 Å². The highest BCUT2D eigenvalue weighted by Gasteiger charge is 2.18. The Balaban J connectivity index is 2.47. The maximum atomic E-state index is 13.4. The minimum atomic E-state index is -3.71. The van der Waals surface area contributed by atoms with E-state index in [1.54, 1.807) is 26.0 Å². The smallest absolute Gasteiger partial charge is 0.262 e. The molecular weight excluding hydrogens is 357 g/mol. The van der Waals surface area contributed by atoms with Gasteiger partial charge >= 0.3 is 0 Å². The van der Waals surface area contributed by atoms with Crippen LogP contribution >= 0.6 is 15.9 Å². The number of rotatable bonds is 3. The zero-order valence-electron chi connectivity index (χ0n) is 11.9. The van der Waals surface area contributed by atoms with E-state index in [9.17, 15) is 12.8 Å². The van der Waals surface area contributed by atoms with Gasteiger partial charge in [-0.05, 0) is 71.6 Å². The summed E-state index contributed by atoms with van der Waals surface area (Å²) in [7, 11) is -3.71. The molecule has 0 spiro atoms. The topological polar surface area (TPSA) is 46.2 Å². The van der Waals surface area contributed by atoms with Crippen LogP contribution in [0, 0.1) is 26.6 Å². The van der Waals surface area contributed by atoms with Crippen LogP contribution in [-0.2, 0) is 10.0 Å². The zero-order valence-corrected chi connectivity index (χ0v) is 14.3. The Hall–Kier alpha value is -1.40. The monoisotopic (exact) mass is 371 g/mol. The first kappa shape index (κ1) is 16.0. The molecule has 1 N–H and O–H groups in total. The summed E-state index contributed by atoms with van der Waals surface area (Å²) in [6, 6.07) is 7.94. The van der Waals surface area contributed by atoms with Crippen molar-refractivity contribution in [2.24, 2.45) is 0 Å². The minimum absolute atomic E-state index is 0.215. The van der Waals surface area contributed by atoms with Crippen molar-refractivity contribution in [1.29, 1.82) is 0 Å². The molecule has 2 aromatic rings. The molecule has 0 unspecified atom stereocenters. The number of sulfonamides is 1. The van der Waals surface area contributed by atoms with Crippen molar-refractivity contribution < 1.29 is 12.8 Å². The normalized spacial score (nSPS) is 11.5. The summed E-state index contributed by atoms with van der Waals surface area (Å²) >= 11 is 3.06. The number of halogens is 2. The van der Waals surface area contributed by atoms with Gasteiger partial charge in [-0.25, -0.2) is 12.8 Å². The van der Waals surface area contributed by atoms with Gasteiger partial charge < -0.3 is 0 Å². The molecule has 0 radical (unpaired) electrons. The highest BCUT2D eigenvalue weighted by atomic mass is 79.9. The van der Waals surface area contributed by atoms with Crippen molar-refractivity contribution in [2.45, 2.75) is 25.7 Å². The van der Waals surface area contributed by atoms with Crippen LogP contribution in [0.1, 0.15) is 16.7 Å². The molecule has 0 aliphatic heterocycles. The molecule has 0 aromatic heterocycles. The Morgan fingerprint density at radius 2 is 1.71 bits per heavy atom. The second kappa shape index (κ2) is 5.77. The SMILES string of the molecule is Cc1ccc(C)c(S(=O)(=O)Nc2cc(Br)c(F)cc2C)c1. The molecule has 3 nitrogen and oxygen atoms in total. The average Bonchev–Trinajstić information content (AvgIpc) is 2.38. The molecule has 0 saturated heterocycles. The van der Waals surface area contributed by atoms with Gasteiger partial charge in [0.25, 0.3) is 10.0 Å². The number of aryl methyl sites for hydroxylation is 3. The van der Waals surface area contributed by atoms with E-state index in [0.29, 0.717) is 16.8 Å². The predicted molar refractivity (Wildman–Crippen MR) is 85.6 cm³/mol. The molecule has 0 saturated carbocycles. The molecule has 0 aliphatic carbocycles. The van der Waals surface area contributed by atoms with E-state index in [0.717, 1.165) is 5.56 Å². The van der Waals surface area contributed by atoms with E-state index >= 15 is 0 Å². The third-order valence-electron chi connectivity index (χ3n) is 3.14. The van der Waals surface area contributed by atoms with Gasteiger partial charge in [0.15, 0.2) is 0 Å². The van der Waals surface area contributed by atoms with E-state index in [-0.39, 0.29) is 9.37 Å². The molecule has 0 amide bonds.